The summed E-state index contributed by atoms with van der Waals surface area (Å²) in [4.78, 5) is 30.1. The third-order valence-electron chi connectivity index (χ3n) is 8.13. The smallest absolute Gasteiger partial charge is 0.323 e. The molecule has 9 heteroatoms. The largest absolute Gasteiger partial charge is 0.508 e. The standard InChI is InChI=1S/C36H35N3O6/c1-22-4-8-25(9-5-22)30-14-15-31(41)33(37-30)26-10-6-24(7-11-26)16-18-36(34(43)38-35(44)39-36)21-23(2)28(17-19-40)29-13-12-27(45-3)20-32(29)42/h4-15,20,23,28,40-42H,17,19,21H2,1-3H3,(H2,38,39,43,44). The minimum Gasteiger partial charge on any atom is -0.508 e. The summed E-state index contributed by atoms with van der Waals surface area (Å²) in [5.74, 6) is 5.41. The lowest BCUT2D eigenvalue weighted by Gasteiger charge is -2.30. The number of phenolic OH excluding ortho intramolecular Hbond substituents is 1. The first-order valence-electron chi connectivity index (χ1n) is 14.6. The number of rotatable bonds is 9. The van der Waals surface area contributed by atoms with Crippen molar-refractivity contribution in [2.75, 3.05) is 13.7 Å². The van der Waals surface area contributed by atoms with Crippen LogP contribution in [-0.4, -0.2) is 51.5 Å². The van der Waals surface area contributed by atoms with Gasteiger partial charge in [0, 0.05) is 29.4 Å². The minimum absolute atomic E-state index is 0.0183. The second kappa shape index (κ2) is 13.1. The summed E-state index contributed by atoms with van der Waals surface area (Å²) in [5, 5.41) is 36.1. The summed E-state index contributed by atoms with van der Waals surface area (Å²) >= 11 is 0. The Bertz CT molecular complexity index is 1780. The van der Waals surface area contributed by atoms with Crippen LogP contribution >= 0.6 is 0 Å². The van der Waals surface area contributed by atoms with Crippen molar-refractivity contribution >= 4 is 11.9 Å². The molecule has 0 saturated carbocycles. The number of aliphatic hydroxyl groups is 1. The lowest BCUT2D eigenvalue weighted by molar-refractivity contribution is -0.122. The van der Waals surface area contributed by atoms with Crippen LogP contribution in [0, 0.1) is 24.7 Å². The topological polar surface area (TPSA) is 141 Å². The highest BCUT2D eigenvalue weighted by Crippen LogP contribution is 2.39. The van der Waals surface area contributed by atoms with Gasteiger partial charge in [-0.3, -0.25) is 10.1 Å². The van der Waals surface area contributed by atoms with Gasteiger partial charge in [-0.15, -0.1) is 0 Å². The fraction of sp³-hybridized carbons (Fsp3) is 0.250. The Kier molecular flexibility index (Phi) is 9.07. The number of aliphatic hydroxyl groups excluding tert-OH is 1. The van der Waals surface area contributed by atoms with Crippen molar-refractivity contribution in [2.24, 2.45) is 5.92 Å². The molecular weight excluding hydrogens is 570 g/mol. The molecule has 1 aliphatic rings. The Morgan fingerprint density at radius 3 is 2.27 bits per heavy atom. The molecule has 0 bridgehead atoms. The van der Waals surface area contributed by atoms with Crippen LogP contribution in [0.2, 0.25) is 0 Å². The molecule has 5 N–H and O–H groups in total. The molecule has 9 nitrogen and oxygen atoms in total. The van der Waals surface area contributed by atoms with E-state index in [4.69, 9.17) is 4.74 Å². The molecule has 4 aromatic rings. The van der Waals surface area contributed by atoms with Crippen LogP contribution in [-0.2, 0) is 4.79 Å². The van der Waals surface area contributed by atoms with Gasteiger partial charge in [-0.25, -0.2) is 9.78 Å². The van der Waals surface area contributed by atoms with Crippen LogP contribution < -0.4 is 15.4 Å². The number of nitrogens with zero attached hydrogens (tertiary/aromatic N) is 1. The summed E-state index contributed by atoms with van der Waals surface area (Å²) in [7, 11) is 1.50. The van der Waals surface area contributed by atoms with Gasteiger partial charge in [0.1, 0.15) is 22.9 Å². The number of benzene rings is 3. The highest BCUT2D eigenvalue weighted by Gasteiger charge is 2.47. The van der Waals surface area contributed by atoms with Gasteiger partial charge in [0.2, 0.25) is 0 Å². The molecule has 2 heterocycles. The molecule has 1 fully saturated rings. The van der Waals surface area contributed by atoms with Gasteiger partial charge in [0.05, 0.1) is 12.8 Å². The van der Waals surface area contributed by atoms with E-state index in [-0.39, 0.29) is 36.4 Å². The molecule has 3 aromatic carbocycles. The molecule has 3 unspecified atom stereocenters. The van der Waals surface area contributed by atoms with E-state index >= 15 is 0 Å². The number of pyridine rings is 1. The van der Waals surface area contributed by atoms with E-state index in [2.05, 4.69) is 27.5 Å². The highest BCUT2D eigenvalue weighted by atomic mass is 16.5. The number of phenols is 1. The Labute approximate surface area is 261 Å². The summed E-state index contributed by atoms with van der Waals surface area (Å²) in [6.45, 7) is 3.77. The van der Waals surface area contributed by atoms with Crippen molar-refractivity contribution in [2.45, 2.75) is 38.1 Å². The van der Waals surface area contributed by atoms with Gasteiger partial charge < -0.3 is 25.4 Å². The van der Waals surface area contributed by atoms with Crippen molar-refractivity contribution in [3.05, 3.63) is 95.6 Å². The number of hydrogen-bond donors (Lipinski definition) is 5. The monoisotopic (exact) mass is 605 g/mol. The number of aromatic nitrogens is 1. The molecule has 3 amide bonds. The Morgan fingerprint density at radius 1 is 0.933 bits per heavy atom. The van der Waals surface area contributed by atoms with Gasteiger partial charge in [-0.2, -0.15) is 0 Å². The number of ether oxygens (including phenoxy) is 1. The van der Waals surface area contributed by atoms with E-state index in [1.807, 2.05) is 38.1 Å². The van der Waals surface area contributed by atoms with E-state index in [1.54, 1.807) is 48.5 Å². The molecule has 1 aromatic heterocycles. The van der Waals surface area contributed by atoms with Gasteiger partial charge >= 0.3 is 6.03 Å². The maximum absolute atomic E-state index is 13.1. The number of hydrogen-bond acceptors (Lipinski definition) is 7. The zero-order chi connectivity index (χ0) is 32.1. The SMILES string of the molecule is COc1ccc(C(CCO)C(C)CC2(C#Cc3ccc(-c4nc(-c5ccc(C)cc5)ccc4O)cc3)NC(=O)NC2=O)c(O)c1. The number of carbonyl (C=O) groups excluding carboxylic acids is 2. The summed E-state index contributed by atoms with van der Waals surface area (Å²) < 4.78 is 5.20. The summed E-state index contributed by atoms with van der Waals surface area (Å²) in [5.41, 5.74) is 3.59. The summed E-state index contributed by atoms with van der Waals surface area (Å²) in [6.07, 6.45) is 0.461. The van der Waals surface area contributed by atoms with E-state index in [1.165, 1.54) is 13.2 Å². The second-order valence-electron chi connectivity index (χ2n) is 11.3. The maximum Gasteiger partial charge on any atom is 0.323 e. The van der Waals surface area contributed by atoms with Crippen molar-refractivity contribution in [3.8, 4) is 51.6 Å². The number of nitrogens with one attached hydrogen (secondary N) is 2. The number of urea groups is 1. The molecule has 1 saturated heterocycles. The van der Waals surface area contributed by atoms with Crippen molar-refractivity contribution in [3.63, 3.8) is 0 Å². The first-order chi connectivity index (χ1) is 21.6. The molecule has 45 heavy (non-hydrogen) atoms. The van der Waals surface area contributed by atoms with Crippen molar-refractivity contribution in [1.29, 1.82) is 0 Å². The quantitative estimate of drug-likeness (QED) is 0.129. The fourth-order valence-corrected chi connectivity index (χ4v) is 5.69. The predicted octanol–water partition coefficient (Wildman–Crippen LogP) is 5.27. The predicted molar refractivity (Wildman–Crippen MR) is 171 cm³/mol. The van der Waals surface area contributed by atoms with Crippen molar-refractivity contribution in [1.82, 2.24) is 15.6 Å². The van der Waals surface area contributed by atoms with Gasteiger partial charge in [0.15, 0.2) is 5.54 Å². The van der Waals surface area contributed by atoms with Crippen LogP contribution in [0.4, 0.5) is 4.79 Å². The summed E-state index contributed by atoms with van der Waals surface area (Å²) in [6, 6.07) is 22.8. The Hall–Kier alpha value is -5.33. The number of imide groups is 1. The average Bonchev–Trinajstić information content (AvgIpc) is 3.31. The third kappa shape index (κ3) is 6.77. The normalized spacial score (nSPS) is 17.1. The molecule has 1 aliphatic heterocycles. The van der Waals surface area contributed by atoms with Crippen molar-refractivity contribution < 1.29 is 29.6 Å². The Balaban J connectivity index is 1.41. The first-order valence-corrected chi connectivity index (χ1v) is 14.6. The number of aromatic hydroxyl groups is 2. The van der Waals surface area contributed by atoms with Crippen LogP contribution in [0.3, 0.4) is 0 Å². The molecule has 230 valence electrons. The number of methoxy groups -OCH3 is 1. The lowest BCUT2D eigenvalue weighted by Crippen LogP contribution is -2.47. The number of aryl methyl sites for hydroxylation is 1. The van der Waals surface area contributed by atoms with Gasteiger partial charge in [-0.05, 0) is 67.5 Å². The van der Waals surface area contributed by atoms with Crippen LogP contribution in [0.5, 0.6) is 17.2 Å². The maximum atomic E-state index is 13.1. The number of carbonyl (C=O) groups is 2. The number of amides is 3. The molecule has 3 atom stereocenters. The van der Waals surface area contributed by atoms with Crippen LogP contribution in [0.25, 0.3) is 22.5 Å². The molecule has 0 aliphatic carbocycles. The van der Waals surface area contributed by atoms with E-state index < -0.39 is 17.5 Å². The molecule has 0 spiro atoms. The molecular formula is C36H35N3O6. The minimum atomic E-state index is -1.52. The Morgan fingerprint density at radius 2 is 1.64 bits per heavy atom. The zero-order valence-electron chi connectivity index (χ0n) is 25.3. The van der Waals surface area contributed by atoms with Crippen LogP contribution in [0.15, 0.2) is 78.9 Å². The van der Waals surface area contributed by atoms with Gasteiger partial charge in [0.25, 0.3) is 5.91 Å². The lowest BCUT2D eigenvalue weighted by atomic mass is 9.77. The molecule has 0 radical (unpaired) electrons. The first kappa shape index (κ1) is 31.1. The average molecular weight is 606 g/mol. The second-order valence-corrected chi connectivity index (χ2v) is 11.3. The molecule has 5 rings (SSSR count). The van der Waals surface area contributed by atoms with E-state index in [0.717, 1.165) is 16.8 Å². The third-order valence-corrected chi connectivity index (χ3v) is 8.13. The van der Waals surface area contributed by atoms with Crippen LogP contribution in [0.1, 0.15) is 42.4 Å². The van der Waals surface area contributed by atoms with E-state index in [9.17, 15) is 24.9 Å². The van der Waals surface area contributed by atoms with Gasteiger partial charge in [-0.1, -0.05) is 66.8 Å². The highest BCUT2D eigenvalue weighted by molar-refractivity contribution is 6.09. The van der Waals surface area contributed by atoms with E-state index in [0.29, 0.717) is 34.6 Å². The fourth-order valence-electron chi connectivity index (χ4n) is 5.69. The zero-order valence-corrected chi connectivity index (χ0v) is 25.3.